The fraction of sp³-hybridized carbons (Fsp3) is 0.444. The highest BCUT2D eigenvalue weighted by Crippen LogP contribution is 2.36. The third-order valence-electron chi connectivity index (χ3n) is 7.48. The van der Waals surface area contributed by atoms with Crippen molar-refractivity contribution in [1.82, 2.24) is 9.78 Å². The van der Waals surface area contributed by atoms with E-state index in [0.717, 1.165) is 73.8 Å². The third kappa shape index (κ3) is 4.50. The van der Waals surface area contributed by atoms with Gasteiger partial charge in [-0.1, -0.05) is 6.07 Å². The van der Waals surface area contributed by atoms with Gasteiger partial charge in [0.15, 0.2) is 0 Å². The van der Waals surface area contributed by atoms with Crippen molar-refractivity contribution in [2.45, 2.75) is 44.2 Å². The average molecular weight is 475 g/mol. The van der Waals surface area contributed by atoms with Crippen LogP contribution in [0.4, 0.5) is 11.4 Å². The molecule has 1 aliphatic carbocycles. The van der Waals surface area contributed by atoms with E-state index in [1.54, 1.807) is 12.1 Å². The number of nitrogens with zero attached hydrogens (tertiary/aromatic N) is 3. The summed E-state index contributed by atoms with van der Waals surface area (Å²) < 4.78 is 13.9. The Labute approximate surface area is 204 Å². The van der Waals surface area contributed by atoms with Crippen LogP contribution in [0.2, 0.25) is 0 Å². The van der Waals surface area contributed by atoms with Gasteiger partial charge in [-0.15, -0.1) is 0 Å². The minimum absolute atomic E-state index is 0.123. The number of anilines is 2. The van der Waals surface area contributed by atoms with Crippen molar-refractivity contribution in [2.75, 3.05) is 36.5 Å². The van der Waals surface area contributed by atoms with Gasteiger partial charge in [0.2, 0.25) is 0 Å². The number of carbonyl (C=O) groups is 2. The molecule has 1 saturated carbocycles. The number of aromatic nitrogens is 2. The van der Waals surface area contributed by atoms with Crippen molar-refractivity contribution >= 4 is 34.5 Å². The van der Waals surface area contributed by atoms with Crippen molar-refractivity contribution in [3.63, 3.8) is 0 Å². The van der Waals surface area contributed by atoms with E-state index in [1.165, 1.54) is 0 Å². The number of rotatable bonds is 2. The van der Waals surface area contributed by atoms with E-state index in [9.17, 15) is 9.59 Å². The van der Waals surface area contributed by atoms with Crippen LogP contribution >= 0.6 is 0 Å². The number of hydrogen-bond acceptors (Lipinski definition) is 6. The smallest absolute Gasteiger partial charge is 0.255 e. The zero-order chi connectivity index (χ0) is 23.8. The van der Waals surface area contributed by atoms with Crippen LogP contribution in [-0.4, -0.2) is 54.4 Å². The largest absolute Gasteiger partial charge is 0.491 e. The van der Waals surface area contributed by atoms with Crippen LogP contribution in [0.25, 0.3) is 10.9 Å². The van der Waals surface area contributed by atoms with Crippen LogP contribution < -0.4 is 15.0 Å². The van der Waals surface area contributed by atoms with Crippen molar-refractivity contribution in [3.8, 4) is 5.75 Å². The number of amides is 1. The first-order valence-corrected chi connectivity index (χ1v) is 12.6. The van der Waals surface area contributed by atoms with E-state index in [-0.39, 0.29) is 17.9 Å². The predicted molar refractivity (Wildman–Crippen MR) is 133 cm³/mol. The monoisotopic (exact) mass is 474 g/mol. The van der Waals surface area contributed by atoms with Crippen molar-refractivity contribution in [2.24, 2.45) is 5.92 Å². The van der Waals surface area contributed by atoms with Gasteiger partial charge in [-0.25, -0.2) is 0 Å². The molecule has 1 N–H and O–H groups in total. The fourth-order valence-corrected chi connectivity index (χ4v) is 5.51. The quantitative estimate of drug-likeness (QED) is 0.560. The van der Waals surface area contributed by atoms with E-state index >= 15 is 0 Å². The SMILES string of the molecule is O=CC1CCC(n2cc3cc4c(cc3n2)N2CC[C@@H](C2)OCCOc2cccc(c2)C(=O)N4)CC1. The first-order valence-electron chi connectivity index (χ1n) is 12.6. The maximum atomic E-state index is 13.2. The van der Waals surface area contributed by atoms with Gasteiger partial charge < -0.3 is 24.5 Å². The molecule has 0 spiro atoms. The molecule has 2 fully saturated rings. The third-order valence-corrected chi connectivity index (χ3v) is 7.48. The topological polar surface area (TPSA) is 85.7 Å². The summed E-state index contributed by atoms with van der Waals surface area (Å²) in [5.74, 6) is 0.669. The number of benzene rings is 2. The number of ether oxygens (including phenoxy) is 2. The van der Waals surface area contributed by atoms with Crippen LogP contribution in [-0.2, 0) is 9.53 Å². The Balaban J connectivity index is 1.36. The predicted octanol–water partition coefficient (Wildman–Crippen LogP) is 4.21. The van der Waals surface area contributed by atoms with Crippen molar-refractivity contribution in [1.29, 1.82) is 0 Å². The molecule has 35 heavy (non-hydrogen) atoms. The molecule has 3 aromatic rings. The lowest BCUT2D eigenvalue weighted by atomic mass is 9.87. The van der Waals surface area contributed by atoms with Gasteiger partial charge in [-0.3, -0.25) is 9.48 Å². The molecular weight excluding hydrogens is 444 g/mol. The zero-order valence-corrected chi connectivity index (χ0v) is 19.7. The zero-order valence-electron chi connectivity index (χ0n) is 19.7. The summed E-state index contributed by atoms with van der Waals surface area (Å²) in [5, 5.41) is 9.05. The summed E-state index contributed by atoms with van der Waals surface area (Å²) in [6.07, 6.45) is 7.94. The molecule has 2 aliphatic heterocycles. The number of carbonyl (C=O) groups excluding carboxylic acids is 2. The number of nitrogens with one attached hydrogen (secondary N) is 1. The van der Waals surface area contributed by atoms with Gasteiger partial charge in [-0.05, 0) is 62.4 Å². The van der Waals surface area contributed by atoms with Crippen LogP contribution in [0.15, 0.2) is 42.6 Å². The molecule has 4 bridgehead atoms. The molecule has 1 atom stereocenters. The van der Waals surface area contributed by atoms with Crippen LogP contribution in [0.3, 0.4) is 0 Å². The lowest BCUT2D eigenvalue weighted by Gasteiger charge is -2.25. The summed E-state index contributed by atoms with van der Waals surface area (Å²) in [4.78, 5) is 26.6. The summed E-state index contributed by atoms with van der Waals surface area (Å²) in [5.41, 5.74) is 3.21. The average Bonchev–Trinajstić information content (AvgIpc) is 3.53. The minimum atomic E-state index is -0.167. The van der Waals surface area contributed by atoms with Crippen LogP contribution in [0, 0.1) is 5.92 Å². The molecule has 1 saturated heterocycles. The maximum Gasteiger partial charge on any atom is 0.255 e. The molecule has 1 aromatic heterocycles. The Kier molecular flexibility index (Phi) is 5.90. The first-order chi connectivity index (χ1) is 17.2. The van der Waals surface area contributed by atoms with Crippen molar-refractivity contribution in [3.05, 3.63) is 48.2 Å². The number of aldehydes is 1. The molecule has 3 heterocycles. The molecule has 182 valence electrons. The van der Waals surface area contributed by atoms with E-state index in [2.05, 4.69) is 27.2 Å². The van der Waals surface area contributed by atoms with Gasteiger partial charge in [0.05, 0.1) is 35.6 Å². The van der Waals surface area contributed by atoms with E-state index in [4.69, 9.17) is 14.6 Å². The summed E-state index contributed by atoms with van der Waals surface area (Å²) >= 11 is 0. The normalized spacial score (nSPS) is 24.9. The Bertz CT molecular complexity index is 1250. The molecule has 3 aliphatic rings. The standard InChI is InChI=1S/C27H30N4O4/c32-17-18-4-6-21(7-5-18)31-15-20-13-25-26(14-24(20)29-31)30-9-8-23(16-30)35-11-10-34-22-3-1-2-19(12-22)27(33)28-25/h1-3,12-15,17-18,21,23H,4-11,16H2,(H,28,33)/t18?,21?,23-/m0/s1. The highest BCUT2D eigenvalue weighted by Gasteiger charge is 2.27. The summed E-state index contributed by atoms with van der Waals surface area (Å²) in [6.45, 7) is 2.57. The Morgan fingerprint density at radius 3 is 2.80 bits per heavy atom. The summed E-state index contributed by atoms with van der Waals surface area (Å²) in [7, 11) is 0. The number of fused-ring (bicyclic) bond motifs is 7. The molecule has 0 radical (unpaired) electrons. The van der Waals surface area contributed by atoms with Gasteiger partial charge >= 0.3 is 0 Å². The number of hydrogen-bond donors (Lipinski definition) is 1. The molecular formula is C27H30N4O4. The van der Waals surface area contributed by atoms with Gasteiger partial charge in [0, 0.05) is 36.2 Å². The van der Waals surface area contributed by atoms with Crippen LogP contribution in [0.5, 0.6) is 5.75 Å². The highest BCUT2D eigenvalue weighted by molar-refractivity contribution is 6.07. The second kappa shape index (κ2) is 9.34. The van der Waals surface area contributed by atoms with Crippen molar-refractivity contribution < 1.29 is 19.1 Å². The second-order valence-electron chi connectivity index (χ2n) is 9.80. The first kappa shape index (κ1) is 22.1. The molecule has 8 heteroatoms. The Morgan fingerprint density at radius 2 is 1.94 bits per heavy atom. The maximum absolute atomic E-state index is 13.2. The highest BCUT2D eigenvalue weighted by atomic mass is 16.5. The molecule has 0 unspecified atom stereocenters. The minimum Gasteiger partial charge on any atom is -0.491 e. The Morgan fingerprint density at radius 1 is 1.06 bits per heavy atom. The van der Waals surface area contributed by atoms with E-state index in [0.29, 0.717) is 30.6 Å². The molecule has 6 rings (SSSR count). The molecule has 2 aromatic carbocycles. The summed E-state index contributed by atoms with van der Waals surface area (Å²) in [6, 6.07) is 11.7. The van der Waals surface area contributed by atoms with Gasteiger partial charge in [-0.2, -0.15) is 5.10 Å². The second-order valence-corrected chi connectivity index (χ2v) is 9.80. The van der Waals surface area contributed by atoms with E-state index < -0.39 is 0 Å². The van der Waals surface area contributed by atoms with Gasteiger partial charge in [0.25, 0.3) is 5.91 Å². The van der Waals surface area contributed by atoms with E-state index in [1.807, 2.05) is 18.2 Å². The Hall–Kier alpha value is -3.39. The molecule has 1 amide bonds. The lowest BCUT2D eigenvalue weighted by molar-refractivity contribution is -0.112. The van der Waals surface area contributed by atoms with Gasteiger partial charge in [0.1, 0.15) is 18.6 Å². The fourth-order valence-electron chi connectivity index (χ4n) is 5.51. The molecule has 8 nitrogen and oxygen atoms in total. The lowest BCUT2D eigenvalue weighted by Crippen LogP contribution is -2.26. The van der Waals surface area contributed by atoms with Crippen LogP contribution in [0.1, 0.15) is 48.5 Å².